The van der Waals surface area contributed by atoms with Crippen molar-refractivity contribution >= 4 is 38.9 Å². The van der Waals surface area contributed by atoms with Gasteiger partial charge in [-0.25, -0.2) is 0 Å². The van der Waals surface area contributed by atoms with E-state index in [9.17, 15) is 10.1 Å². The quantitative estimate of drug-likeness (QED) is 0.509. The largest absolute Gasteiger partial charge is 0.448 e. The summed E-state index contributed by atoms with van der Waals surface area (Å²) >= 11 is 9.26. The first kappa shape index (κ1) is 13.6. The number of halogens is 2. The van der Waals surface area contributed by atoms with Crippen LogP contribution < -0.4 is 10.5 Å². The number of nitro benzene ring substituents is 1. The highest BCUT2D eigenvalue weighted by Gasteiger charge is 2.20. The number of ether oxygens (including phenoxy) is 1. The van der Waals surface area contributed by atoms with Crippen molar-refractivity contribution in [2.24, 2.45) is 0 Å². The first-order valence-corrected chi connectivity index (χ1v) is 6.32. The van der Waals surface area contributed by atoms with E-state index in [0.717, 1.165) is 4.47 Å². The summed E-state index contributed by atoms with van der Waals surface area (Å²) in [6.07, 6.45) is 0. The van der Waals surface area contributed by atoms with E-state index in [2.05, 4.69) is 15.9 Å². The number of hydrogen-bond donors (Lipinski definition) is 1. The van der Waals surface area contributed by atoms with E-state index in [1.54, 1.807) is 24.3 Å². The Morgan fingerprint density at radius 3 is 2.63 bits per heavy atom. The van der Waals surface area contributed by atoms with Crippen LogP contribution in [0.1, 0.15) is 0 Å². The smallest absolute Gasteiger partial charge is 0.334 e. The maximum absolute atomic E-state index is 11.0. The molecule has 0 saturated carbocycles. The van der Waals surface area contributed by atoms with Crippen LogP contribution in [0.3, 0.4) is 0 Å². The van der Waals surface area contributed by atoms with Gasteiger partial charge in [-0.1, -0.05) is 33.6 Å². The summed E-state index contributed by atoms with van der Waals surface area (Å²) in [6, 6.07) is 9.44. The number of nitrogens with two attached hydrogens (primary N) is 1. The Hall–Kier alpha value is -1.79. The van der Waals surface area contributed by atoms with Crippen LogP contribution in [-0.2, 0) is 0 Å². The van der Waals surface area contributed by atoms with Crippen LogP contribution in [0.4, 0.5) is 11.4 Å². The highest BCUT2D eigenvalue weighted by Crippen LogP contribution is 2.38. The predicted octanol–water partition coefficient (Wildman–Crippen LogP) is 4.39. The number of nitro groups is 1. The maximum Gasteiger partial charge on any atom is 0.334 e. The van der Waals surface area contributed by atoms with E-state index in [4.69, 9.17) is 22.1 Å². The number of benzene rings is 2. The van der Waals surface area contributed by atoms with Gasteiger partial charge < -0.3 is 10.5 Å². The van der Waals surface area contributed by atoms with Gasteiger partial charge in [0.25, 0.3) is 0 Å². The molecule has 0 radical (unpaired) electrons. The fourth-order valence-electron chi connectivity index (χ4n) is 1.49. The standard InChI is InChI=1S/C12H8BrClN2O3/c13-7-4-5-10(8(14)6-7)19-11-3-1-2-9(15)12(11)16(17)18/h1-6H,15H2. The summed E-state index contributed by atoms with van der Waals surface area (Å²) in [6.45, 7) is 0. The van der Waals surface area contributed by atoms with E-state index >= 15 is 0 Å². The van der Waals surface area contributed by atoms with Crippen LogP contribution in [0, 0.1) is 10.1 Å². The van der Waals surface area contributed by atoms with Gasteiger partial charge in [0.15, 0.2) is 0 Å². The van der Waals surface area contributed by atoms with E-state index in [0.29, 0.717) is 10.8 Å². The molecule has 2 aromatic carbocycles. The molecule has 0 spiro atoms. The second-order valence-electron chi connectivity index (χ2n) is 3.63. The van der Waals surface area contributed by atoms with Crippen LogP contribution in [0.25, 0.3) is 0 Å². The second kappa shape index (κ2) is 5.46. The van der Waals surface area contributed by atoms with Crippen LogP contribution >= 0.6 is 27.5 Å². The lowest BCUT2D eigenvalue weighted by Crippen LogP contribution is -1.98. The third-order valence-electron chi connectivity index (χ3n) is 2.33. The maximum atomic E-state index is 11.0. The van der Waals surface area contributed by atoms with Crippen LogP contribution in [0.5, 0.6) is 11.5 Å². The molecule has 0 aliphatic rings. The Morgan fingerprint density at radius 1 is 1.26 bits per heavy atom. The zero-order valence-corrected chi connectivity index (χ0v) is 11.8. The molecule has 0 saturated heterocycles. The summed E-state index contributed by atoms with van der Waals surface area (Å²) in [4.78, 5) is 10.4. The molecule has 0 aliphatic heterocycles. The van der Waals surface area contributed by atoms with Gasteiger partial charge in [0, 0.05) is 4.47 Å². The number of nitrogens with zero attached hydrogens (tertiary/aromatic N) is 1. The highest BCUT2D eigenvalue weighted by molar-refractivity contribution is 9.10. The number of anilines is 1. The van der Waals surface area contributed by atoms with E-state index in [-0.39, 0.29) is 17.1 Å². The van der Waals surface area contributed by atoms with E-state index in [1.165, 1.54) is 12.1 Å². The molecule has 5 nitrogen and oxygen atoms in total. The lowest BCUT2D eigenvalue weighted by Gasteiger charge is -2.09. The molecule has 0 aromatic heterocycles. The monoisotopic (exact) mass is 342 g/mol. The summed E-state index contributed by atoms with van der Waals surface area (Å²) < 4.78 is 6.25. The minimum absolute atomic E-state index is 0.0377. The normalized spacial score (nSPS) is 10.2. The van der Waals surface area contributed by atoms with Gasteiger partial charge in [-0.3, -0.25) is 10.1 Å². The lowest BCUT2D eigenvalue weighted by atomic mass is 10.2. The Kier molecular flexibility index (Phi) is 3.92. The lowest BCUT2D eigenvalue weighted by molar-refractivity contribution is -0.384. The van der Waals surface area contributed by atoms with Crippen molar-refractivity contribution in [3.05, 3.63) is 56.0 Å². The third-order valence-corrected chi connectivity index (χ3v) is 3.12. The van der Waals surface area contributed by atoms with Gasteiger partial charge in [-0.15, -0.1) is 0 Å². The molecule has 2 rings (SSSR count). The Morgan fingerprint density at radius 2 is 2.00 bits per heavy atom. The number of nitrogen functional groups attached to an aromatic ring is 1. The molecule has 0 bridgehead atoms. The molecule has 0 fully saturated rings. The minimum Gasteiger partial charge on any atom is -0.448 e. The number of para-hydroxylation sites is 1. The van der Waals surface area contributed by atoms with Crippen molar-refractivity contribution in [2.75, 3.05) is 5.73 Å². The number of hydrogen-bond acceptors (Lipinski definition) is 4. The molecule has 98 valence electrons. The molecule has 19 heavy (non-hydrogen) atoms. The zero-order chi connectivity index (χ0) is 14.0. The van der Waals surface area contributed by atoms with Crippen molar-refractivity contribution < 1.29 is 9.66 Å². The van der Waals surface area contributed by atoms with Crippen molar-refractivity contribution in [2.45, 2.75) is 0 Å². The summed E-state index contributed by atoms with van der Waals surface area (Å²) in [5, 5.41) is 11.3. The predicted molar refractivity (Wildman–Crippen MR) is 76.7 cm³/mol. The van der Waals surface area contributed by atoms with Crippen LogP contribution in [0.15, 0.2) is 40.9 Å². The molecule has 2 aromatic rings. The fraction of sp³-hybridized carbons (Fsp3) is 0. The van der Waals surface area contributed by atoms with Gasteiger partial charge in [-0.2, -0.15) is 0 Å². The molecule has 0 unspecified atom stereocenters. The topological polar surface area (TPSA) is 78.4 Å². The van der Waals surface area contributed by atoms with Crippen LogP contribution in [0.2, 0.25) is 5.02 Å². The van der Waals surface area contributed by atoms with Crippen LogP contribution in [-0.4, -0.2) is 4.92 Å². The van der Waals surface area contributed by atoms with Crippen molar-refractivity contribution in [1.82, 2.24) is 0 Å². The number of rotatable bonds is 3. The van der Waals surface area contributed by atoms with Gasteiger partial charge in [-0.05, 0) is 30.3 Å². The molecule has 0 amide bonds. The Labute approximate surface area is 122 Å². The van der Waals surface area contributed by atoms with Gasteiger partial charge in [0.2, 0.25) is 5.75 Å². The average Bonchev–Trinajstić information content (AvgIpc) is 2.32. The SMILES string of the molecule is Nc1cccc(Oc2ccc(Br)cc2Cl)c1[N+](=O)[O-]. The Bertz CT molecular complexity index is 649. The molecule has 7 heteroatoms. The summed E-state index contributed by atoms with van der Waals surface area (Å²) in [7, 11) is 0. The average molecular weight is 344 g/mol. The highest BCUT2D eigenvalue weighted by atomic mass is 79.9. The minimum atomic E-state index is -0.586. The van der Waals surface area contributed by atoms with E-state index < -0.39 is 4.92 Å². The molecule has 0 heterocycles. The molecular weight excluding hydrogens is 336 g/mol. The summed E-state index contributed by atoms with van der Waals surface area (Å²) in [5.41, 5.74) is 5.34. The zero-order valence-electron chi connectivity index (χ0n) is 9.47. The molecular formula is C12H8BrClN2O3. The molecule has 0 atom stereocenters. The van der Waals surface area contributed by atoms with E-state index in [1.807, 2.05) is 0 Å². The summed E-state index contributed by atoms with van der Waals surface area (Å²) in [5.74, 6) is 0.368. The van der Waals surface area contributed by atoms with Crippen molar-refractivity contribution in [3.63, 3.8) is 0 Å². The third kappa shape index (κ3) is 2.97. The second-order valence-corrected chi connectivity index (χ2v) is 4.95. The Balaban J connectivity index is 2.44. The van der Waals surface area contributed by atoms with Gasteiger partial charge in [0.05, 0.1) is 9.95 Å². The van der Waals surface area contributed by atoms with Crippen molar-refractivity contribution in [3.8, 4) is 11.5 Å². The van der Waals surface area contributed by atoms with Gasteiger partial charge in [0.1, 0.15) is 11.4 Å². The molecule has 0 aliphatic carbocycles. The molecule has 2 N–H and O–H groups in total. The fourth-order valence-corrected chi connectivity index (χ4v) is 2.21. The van der Waals surface area contributed by atoms with Crippen molar-refractivity contribution in [1.29, 1.82) is 0 Å². The van der Waals surface area contributed by atoms with Gasteiger partial charge >= 0.3 is 5.69 Å². The first-order chi connectivity index (χ1) is 8.99. The first-order valence-electron chi connectivity index (χ1n) is 5.15.